The van der Waals surface area contributed by atoms with Crippen LogP contribution in [0.25, 0.3) is 0 Å². The molecule has 0 aromatic heterocycles. The Morgan fingerprint density at radius 1 is 1.13 bits per heavy atom. The van der Waals surface area contributed by atoms with E-state index in [0.717, 1.165) is 0 Å². The number of hydrazone groups is 1. The van der Waals surface area contributed by atoms with Crippen molar-refractivity contribution in [2.75, 3.05) is 31.2 Å². The van der Waals surface area contributed by atoms with Gasteiger partial charge in [0, 0.05) is 38.5 Å². The molecule has 1 unspecified atom stereocenters. The molecule has 1 fully saturated rings. The summed E-state index contributed by atoms with van der Waals surface area (Å²) in [6, 6.07) is 4.72. The summed E-state index contributed by atoms with van der Waals surface area (Å²) in [6.45, 7) is 6.21. The summed E-state index contributed by atoms with van der Waals surface area (Å²) in [5.74, 6) is -1.19. The van der Waals surface area contributed by atoms with Crippen LogP contribution in [0.1, 0.15) is 33.1 Å². The zero-order chi connectivity index (χ0) is 21.8. The lowest BCUT2D eigenvalue weighted by molar-refractivity contribution is -0.138. The van der Waals surface area contributed by atoms with Crippen LogP contribution in [0.4, 0.5) is 10.1 Å². The van der Waals surface area contributed by atoms with Crippen molar-refractivity contribution in [2.45, 2.75) is 39.2 Å². The molecule has 0 aliphatic carbocycles. The van der Waals surface area contributed by atoms with Crippen molar-refractivity contribution in [2.24, 2.45) is 16.8 Å². The van der Waals surface area contributed by atoms with E-state index in [-0.39, 0.29) is 29.9 Å². The van der Waals surface area contributed by atoms with Crippen LogP contribution in [-0.2, 0) is 14.4 Å². The fourth-order valence-electron chi connectivity index (χ4n) is 4.00. The molecule has 2 heterocycles. The molecule has 1 aromatic carbocycles. The Balaban J connectivity index is 1.68. The summed E-state index contributed by atoms with van der Waals surface area (Å²) in [7, 11) is 0. The Labute approximate surface area is 175 Å². The van der Waals surface area contributed by atoms with Crippen LogP contribution in [0.15, 0.2) is 29.4 Å². The Bertz CT molecular complexity index is 830. The quantitative estimate of drug-likeness (QED) is 0.755. The first-order valence-corrected chi connectivity index (χ1v) is 10.3. The van der Waals surface area contributed by atoms with Crippen LogP contribution < -0.4 is 10.7 Å². The number of amides is 3. The molecule has 0 saturated carbocycles. The second-order valence-electron chi connectivity index (χ2n) is 7.57. The molecule has 0 spiro atoms. The van der Waals surface area contributed by atoms with Crippen molar-refractivity contribution in [1.82, 2.24) is 9.80 Å². The number of nitrogens with zero attached hydrogens (tertiary/aromatic N) is 4. The summed E-state index contributed by atoms with van der Waals surface area (Å²) >= 11 is 0. The first kappa shape index (κ1) is 21.7. The van der Waals surface area contributed by atoms with E-state index in [4.69, 9.17) is 5.73 Å². The largest absolute Gasteiger partial charge is 0.368 e. The Morgan fingerprint density at radius 3 is 2.27 bits per heavy atom. The Kier molecular flexibility index (Phi) is 6.69. The average Bonchev–Trinajstić information content (AvgIpc) is 3.20. The van der Waals surface area contributed by atoms with Crippen LogP contribution in [0.2, 0.25) is 0 Å². The number of anilines is 1. The van der Waals surface area contributed by atoms with E-state index in [2.05, 4.69) is 5.10 Å². The number of benzene rings is 1. The van der Waals surface area contributed by atoms with Gasteiger partial charge in [-0.05, 0) is 51.0 Å². The maximum Gasteiger partial charge on any atom is 0.270 e. The smallest absolute Gasteiger partial charge is 0.270 e. The van der Waals surface area contributed by atoms with E-state index < -0.39 is 17.8 Å². The van der Waals surface area contributed by atoms with Gasteiger partial charge < -0.3 is 15.5 Å². The summed E-state index contributed by atoms with van der Waals surface area (Å²) in [6.07, 6.45) is 1.31. The van der Waals surface area contributed by atoms with Crippen molar-refractivity contribution in [3.63, 3.8) is 0 Å². The second kappa shape index (κ2) is 9.23. The van der Waals surface area contributed by atoms with Crippen molar-refractivity contribution in [3.8, 4) is 0 Å². The van der Waals surface area contributed by atoms with E-state index >= 15 is 0 Å². The normalized spacial score (nSPS) is 19.6. The Hall–Kier alpha value is -2.97. The molecule has 0 radical (unpaired) electrons. The van der Waals surface area contributed by atoms with Gasteiger partial charge in [-0.15, -0.1) is 0 Å². The summed E-state index contributed by atoms with van der Waals surface area (Å²) in [4.78, 5) is 40.9. The molecule has 9 heteroatoms. The summed E-state index contributed by atoms with van der Waals surface area (Å²) in [5, 5.41) is 5.72. The van der Waals surface area contributed by atoms with E-state index in [1.165, 1.54) is 29.3 Å². The number of nitrogens with two attached hydrogens (primary N) is 1. The number of hydrogen-bond acceptors (Lipinski definition) is 5. The lowest BCUT2D eigenvalue weighted by Gasteiger charge is -2.33. The van der Waals surface area contributed by atoms with Gasteiger partial charge in [-0.3, -0.25) is 19.4 Å². The molecule has 1 atom stereocenters. The highest BCUT2D eigenvalue weighted by Gasteiger charge is 2.38. The van der Waals surface area contributed by atoms with Crippen LogP contribution in [0.3, 0.4) is 0 Å². The molecule has 1 aromatic rings. The number of rotatable bonds is 6. The van der Waals surface area contributed by atoms with Crippen molar-refractivity contribution in [3.05, 3.63) is 30.1 Å². The van der Waals surface area contributed by atoms with E-state index in [1.54, 1.807) is 4.90 Å². The predicted molar refractivity (Wildman–Crippen MR) is 111 cm³/mol. The highest BCUT2D eigenvalue weighted by Crippen LogP contribution is 2.27. The predicted octanol–water partition coefficient (Wildman–Crippen LogP) is 1.35. The number of primary amides is 1. The number of hydrogen-bond donors (Lipinski definition) is 1. The zero-order valence-electron chi connectivity index (χ0n) is 17.4. The molecule has 2 aliphatic rings. The minimum Gasteiger partial charge on any atom is -0.368 e. The third-order valence-corrected chi connectivity index (χ3v) is 5.78. The van der Waals surface area contributed by atoms with Gasteiger partial charge in [0.2, 0.25) is 11.8 Å². The maximum absolute atomic E-state index is 13.2. The van der Waals surface area contributed by atoms with E-state index in [1.807, 2.05) is 18.7 Å². The zero-order valence-corrected chi connectivity index (χ0v) is 17.4. The average molecular weight is 417 g/mol. The molecule has 30 heavy (non-hydrogen) atoms. The number of piperidine rings is 1. The minimum absolute atomic E-state index is 0.0754. The number of carbonyl (C=O) groups excluding carboxylic acids is 3. The van der Waals surface area contributed by atoms with Gasteiger partial charge in [-0.1, -0.05) is 0 Å². The summed E-state index contributed by atoms with van der Waals surface area (Å²) in [5.41, 5.74) is 6.25. The third-order valence-electron chi connectivity index (χ3n) is 5.78. The molecule has 0 bridgehead atoms. The first-order valence-electron chi connectivity index (χ1n) is 10.3. The van der Waals surface area contributed by atoms with Gasteiger partial charge in [0.1, 0.15) is 17.6 Å². The fraction of sp³-hybridized carbons (Fsp3) is 0.524. The summed E-state index contributed by atoms with van der Waals surface area (Å²) < 4.78 is 13.2. The number of halogens is 1. The minimum atomic E-state index is -0.795. The molecule has 3 amide bonds. The standard InChI is InChI=1S/C21H28FN5O3/c1-3-25(4-2)20(29)14-9-11-26(12-10-14)21(30)17-13-18(19(23)28)27(24-17)16-7-5-15(22)6-8-16/h5-8,14,18H,3-4,9-13H2,1-2H3,(H2,23,28). The van der Waals surface area contributed by atoms with E-state index in [0.29, 0.717) is 44.7 Å². The van der Waals surface area contributed by atoms with Gasteiger partial charge in [0.05, 0.1) is 5.69 Å². The topological polar surface area (TPSA) is 99.3 Å². The molecular formula is C21H28FN5O3. The van der Waals surface area contributed by atoms with Gasteiger partial charge in [0.25, 0.3) is 5.91 Å². The van der Waals surface area contributed by atoms with Crippen LogP contribution in [-0.4, -0.2) is 65.5 Å². The fourth-order valence-corrected chi connectivity index (χ4v) is 4.00. The molecule has 8 nitrogen and oxygen atoms in total. The molecule has 2 N–H and O–H groups in total. The Morgan fingerprint density at radius 2 is 1.73 bits per heavy atom. The number of likely N-dealkylation sites (tertiary alicyclic amines) is 1. The number of carbonyl (C=O) groups is 3. The van der Waals surface area contributed by atoms with Gasteiger partial charge in [-0.2, -0.15) is 5.10 Å². The lowest BCUT2D eigenvalue weighted by atomic mass is 9.94. The SMILES string of the molecule is CCN(CC)C(=O)C1CCN(C(=O)C2=NN(c3ccc(F)cc3)C(C(N)=O)C2)CC1. The molecular weight excluding hydrogens is 389 g/mol. The molecule has 162 valence electrons. The van der Waals surface area contributed by atoms with E-state index in [9.17, 15) is 18.8 Å². The van der Waals surface area contributed by atoms with Crippen LogP contribution in [0.5, 0.6) is 0 Å². The molecule has 1 saturated heterocycles. The second-order valence-corrected chi connectivity index (χ2v) is 7.57. The van der Waals surface area contributed by atoms with Crippen LogP contribution >= 0.6 is 0 Å². The molecule has 3 rings (SSSR count). The third kappa shape index (κ3) is 4.44. The monoisotopic (exact) mass is 417 g/mol. The highest BCUT2D eigenvalue weighted by atomic mass is 19.1. The van der Waals surface area contributed by atoms with Crippen LogP contribution in [0, 0.1) is 11.7 Å². The van der Waals surface area contributed by atoms with Crippen molar-refractivity contribution >= 4 is 29.1 Å². The lowest BCUT2D eigenvalue weighted by Crippen LogP contribution is -2.46. The van der Waals surface area contributed by atoms with Gasteiger partial charge >= 0.3 is 0 Å². The molecule has 2 aliphatic heterocycles. The highest BCUT2D eigenvalue weighted by molar-refractivity contribution is 6.40. The van der Waals surface area contributed by atoms with Gasteiger partial charge in [0.15, 0.2) is 0 Å². The maximum atomic E-state index is 13.2. The van der Waals surface area contributed by atoms with Crippen molar-refractivity contribution < 1.29 is 18.8 Å². The van der Waals surface area contributed by atoms with Crippen molar-refractivity contribution in [1.29, 1.82) is 0 Å². The van der Waals surface area contributed by atoms with Gasteiger partial charge in [-0.25, -0.2) is 4.39 Å². The first-order chi connectivity index (χ1) is 14.3.